The smallest absolute Gasteiger partial charge is 0.173 e. The molecule has 146 valence electrons. The first-order chi connectivity index (χ1) is 13.7. The molecule has 4 rings (SSSR count). The fourth-order valence-corrected chi connectivity index (χ4v) is 3.91. The highest BCUT2D eigenvalue weighted by Crippen LogP contribution is 2.29. The molecule has 1 aliphatic heterocycles. The highest BCUT2D eigenvalue weighted by molar-refractivity contribution is 6.08. The van der Waals surface area contributed by atoms with Gasteiger partial charge in [0.05, 0.1) is 11.3 Å². The van der Waals surface area contributed by atoms with Crippen LogP contribution in [0.1, 0.15) is 24.5 Å². The Hall–Kier alpha value is -3.06. The number of nitrogens with two attached hydrogens (primary N) is 1. The van der Waals surface area contributed by atoms with Gasteiger partial charge in [0, 0.05) is 36.9 Å². The molecule has 0 aliphatic carbocycles. The summed E-state index contributed by atoms with van der Waals surface area (Å²) in [4.78, 5) is 9.98. The summed E-state index contributed by atoms with van der Waals surface area (Å²) in [5.74, 6) is 0.567. The van der Waals surface area contributed by atoms with E-state index in [9.17, 15) is 5.21 Å². The number of amidine groups is 1. The number of aromatic nitrogens is 2. The standard InChI is InChI=1S/C21H26N6O/c1-14-8-10-27(12-15-5-3-2-4-6-15)13-18(14)25-19-16-7-9-23-21(16)24-11-17(19)20(22)26-28/h2-7,9,11,14,18,28H,8,10,12-13H2,1H3,(H2,22,26)(H2,23,24,25)/t14-,18+/m1/s1. The lowest BCUT2D eigenvalue weighted by Gasteiger charge is -2.38. The molecular weight excluding hydrogens is 352 g/mol. The van der Waals surface area contributed by atoms with Crippen LogP contribution in [0.4, 0.5) is 5.69 Å². The molecule has 0 unspecified atom stereocenters. The second kappa shape index (κ2) is 7.90. The lowest BCUT2D eigenvalue weighted by Crippen LogP contribution is -2.46. The maximum Gasteiger partial charge on any atom is 0.173 e. The number of benzene rings is 1. The van der Waals surface area contributed by atoms with Gasteiger partial charge in [-0.15, -0.1) is 0 Å². The van der Waals surface area contributed by atoms with E-state index in [1.807, 2.05) is 18.3 Å². The number of nitrogens with one attached hydrogen (secondary N) is 2. The molecule has 3 heterocycles. The molecule has 2 aromatic heterocycles. The largest absolute Gasteiger partial charge is 0.409 e. The van der Waals surface area contributed by atoms with E-state index in [0.29, 0.717) is 11.5 Å². The summed E-state index contributed by atoms with van der Waals surface area (Å²) >= 11 is 0. The first-order valence-corrected chi connectivity index (χ1v) is 9.62. The zero-order chi connectivity index (χ0) is 19.5. The molecule has 1 aromatic carbocycles. The van der Waals surface area contributed by atoms with Crippen LogP contribution in [0.2, 0.25) is 0 Å². The molecule has 1 aliphatic rings. The second-order valence-corrected chi connectivity index (χ2v) is 7.51. The van der Waals surface area contributed by atoms with Crippen LogP contribution in [-0.4, -0.2) is 45.0 Å². The minimum Gasteiger partial charge on any atom is -0.409 e. The Bertz CT molecular complexity index is 967. The number of rotatable bonds is 5. The van der Waals surface area contributed by atoms with Crippen molar-refractivity contribution in [3.05, 3.63) is 59.9 Å². The van der Waals surface area contributed by atoms with Crippen molar-refractivity contribution in [2.75, 3.05) is 18.4 Å². The van der Waals surface area contributed by atoms with Crippen LogP contribution in [0.25, 0.3) is 11.0 Å². The Balaban J connectivity index is 1.59. The molecule has 7 nitrogen and oxygen atoms in total. The van der Waals surface area contributed by atoms with Gasteiger partial charge in [0.25, 0.3) is 0 Å². The SMILES string of the molecule is C[C@@H]1CCN(Cc2ccccc2)C[C@@H]1Nc1c(/C(N)=N\O)cnc2[nH]ccc12. The van der Waals surface area contributed by atoms with E-state index in [4.69, 9.17) is 5.73 Å². The van der Waals surface area contributed by atoms with Gasteiger partial charge in [-0.1, -0.05) is 42.4 Å². The first-order valence-electron chi connectivity index (χ1n) is 9.62. The number of aromatic amines is 1. The van der Waals surface area contributed by atoms with Crippen molar-refractivity contribution in [2.24, 2.45) is 16.8 Å². The van der Waals surface area contributed by atoms with E-state index >= 15 is 0 Å². The number of hydrogen-bond acceptors (Lipinski definition) is 5. The van der Waals surface area contributed by atoms with E-state index in [1.165, 1.54) is 5.56 Å². The van der Waals surface area contributed by atoms with Gasteiger partial charge in [-0.3, -0.25) is 4.90 Å². The molecule has 0 spiro atoms. The highest BCUT2D eigenvalue weighted by atomic mass is 16.4. The number of anilines is 1. The molecule has 0 bridgehead atoms. The van der Waals surface area contributed by atoms with E-state index in [0.717, 1.165) is 42.8 Å². The average molecular weight is 378 g/mol. The lowest BCUT2D eigenvalue weighted by atomic mass is 9.92. The van der Waals surface area contributed by atoms with Crippen molar-refractivity contribution < 1.29 is 5.21 Å². The van der Waals surface area contributed by atoms with Gasteiger partial charge in [-0.2, -0.15) is 0 Å². The molecule has 2 atom stereocenters. The number of nitrogens with zero attached hydrogens (tertiary/aromatic N) is 3. The third-order valence-corrected chi connectivity index (χ3v) is 5.59. The molecule has 0 amide bonds. The average Bonchev–Trinajstić information content (AvgIpc) is 3.20. The highest BCUT2D eigenvalue weighted by Gasteiger charge is 2.28. The van der Waals surface area contributed by atoms with Crippen molar-refractivity contribution in [3.63, 3.8) is 0 Å². The maximum atomic E-state index is 9.19. The van der Waals surface area contributed by atoms with Crippen LogP contribution in [-0.2, 0) is 6.54 Å². The number of fused-ring (bicyclic) bond motifs is 1. The molecule has 3 aromatic rings. The summed E-state index contributed by atoms with van der Waals surface area (Å²) in [7, 11) is 0. The minimum absolute atomic E-state index is 0.0581. The van der Waals surface area contributed by atoms with Crippen molar-refractivity contribution in [1.29, 1.82) is 0 Å². The Morgan fingerprint density at radius 1 is 1.36 bits per heavy atom. The van der Waals surface area contributed by atoms with Crippen LogP contribution in [0.5, 0.6) is 0 Å². The Kier molecular flexibility index (Phi) is 5.16. The van der Waals surface area contributed by atoms with Crippen molar-refractivity contribution >= 4 is 22.6 Å². The van der Waals surface area contributed by atoms with E-state index < -0.39 is 0 Å². The fraction of sp³-hybridized carbons (Fsp3) is 0.333. The van der Waals surface area contributed by atoms with Crippen LogP contribution >= 0.6 is 0 Å². The van der Waals surface area contributed by atoms with Gasteiger partial charge in [-0.05, 0) is 30.5 Å². The van der Waals surface area contributed by atoms with Crippen LogP contribution in [0.15, 0.2) is 53.9 Å². The maximum absolute atomic E-state index is 9.19. The van der Waals surface area contributed by atoms with Crippen molar-refractivity contribution in [1.82, 2.24) is 14.9 Å². The van der Waals surface area contributed by atoms with Gasteiger partial charge in [0.15, 0.2) is 5.84 Å². The number of H-pyrrole nitrogens is 1. The zero-order valence-electron chi connectivity index (χ0n) is 16.0. The van der Waals surface area contributed by atoms with Gasteiger partial charge in [-0.25, -0.2) is 4.98 Å². The number of oxime groups is 1. The number of likely N-dealkylation sites (tertiary alicyclic amines) is 1. The van der Waals surface area contributed by atoms with Crippen LogP contribution in [0, 0.1) is 5.92 Å². The Morgan fingerprint density at radius 3 is 2.96 bits per heavy atom. The number of piperidine rings is 1. The number of pyridine rings is 1. The van der Waals surface area contributed by atoms with Gasteiger partial charge < -0.3 is 21.2 Å². The summed E-state index contributed by atoms with van der Waals surface area (Å²) < 4.78 is 0. The summed E-state index contributed by atoms with van der Waals surface area (Å²) in [6.45, 7) is 5.22. The normalized spacial score (nSPS) is 21.1. The number of hydrogen-bond donors (Lipinski definition) is 4. The third kappa shape index (κ3) is 3.66. The lowest BCUT2D eigenvalue weighted by molar-refractivity contribution is 0.170. The summed E-state index contributed by atoms with van der Waals surface area (Å²) in [6, 6.07) is 12.8. The molecule has 5 N–H and O–H groups in total. The van der Waals surface area contributed by atoms with E-state index in [1.54, 1.807) is 6.20 Å². The van der Waals surface area contributed by atoms with Gasteiger partial charge in [0.2, 0.25) is 0 Å². The third-order valence-electron chi connectivity index (χ3n) is 5.59. The Labute approximate surface area is 164 Å². The van der Waals surface area contributed by atoms with E-state index in [2.05, 4.69) is 56.5 Å². The molecule has 28 heavy (non-hydrogen) atoms. The second-order valence-electron chi connectivity index (χ2n) is 7.51. The predicted octanol–water partition coefficient (Wildman–Crippen LogP) is 2.98. The monoisotopic (exact) mass is 378 g/mol. The molecule has 1 saturated heterocycles. The van der Waals surface area contributed by atoms with Crippen molar-refractivity contribution in [3.8, 4) is 0 Å². The van der Waals surface area contributed by atoms with E-state index in [-0.39, 0.29) is 11.9 Å². The minimum atomic E-state index is 0.0581. The van der Waals surface area contributed by atoms with Crippen LogP contribution < -0.4 is 11.1 Å². The quantitative estimate of drug-likeness (QED) is 0.237. The van der Waals surface area contributed by atoms with Crippen LogP contribution in [0.3, 0.4) is 0 Å². The first kappa shape index (κ1) is 18.3. The molecule has 0 radical (unpaired) electrons. The van der Waals surface area contributed by atoms with Crippen molar-refractivity contribution in [2.45, 2.75) is 25.9 Å². The predicted molar refractivity (Wildman–Crippen MR) is 112 cm³/mol. The Morgan fingerprint density at radius 2 is 2.18 bits per heavy atom. The summed E-state index contributed by atoms with van der Waals surface area (Å²) in [5.41, 5.74) is 9.50. The summed E-state index contributed by atoms with van der Waals surface area (Å²) in [6.07, 6.45) is 4.61. The molecular formula is C21H26N6O. The molecule has 7 heteroatoms. The summed E-state index contributed by atoms with van der Waals surface area (Å²) in [5, 5.41) is 17.0. The molecule has 1 fully saturated rings. The fourth-order valence-electron chi connectivity index (χ4n) is 3.91. The van der Waals surface area contributed by atoms with Gasteiger partial charge in [0.1, 0.15) is 5.65 Å². The topological polar surface area (TPSA) is 103 Å². The molecule has 0 saturated carbocycles. The zero-order valence-corrected chi connectivity index (χ0v) is 16.0. The van der Waals surface area contributed by atoms with Gasteiger partial charge >= 0.3 is 0 Å².